The predicted octanol–water partition coefficient (Wildman–Crippen LogP) is 6.17. The number of nitrogens with one attached hydrogen (secondary N) is 1. The number of nitrogen functional groups attached to an aromatic ring is 1. The fourth-order valence-corrected chi connectivity index (χ4v) is 5.84. The molecule has 10 heteroatoms. The minimum Gasteiger partial charge on any atom is -0.481 e. The lowest BCUT2D eigenvalue weighted by molar-refractivity contribution is -0.151. The quantitative estimate of drug-likeness (QED) is 0.237. The molecule has 0 atom stereocenters. The standard InChI is InChI=1S/C29H31N7O3/c1-4-29(27(37)38)11-9-20(10-12-29)36-26-22(25(30)31-15-32-26)23(35-36)18-5-7-19(8-6-18)33-28-34-21-14-16(2)13-17(3)24(21)39-28/h5-8,13-15,20H,4,9-12H2,1-3H3,(H,33,34)(H,37,38)(H2,30,31,32)/t20-,29-. The molecule has 0 bridgehead atoms. The number of nitrogens with two attached hydrogens (primary N) is 1. The number of oxazole rings is 1. The van der Waals surface area contributed by atoms with Gasteiger partial charge in [-0.05, 0) is 75.3 Å². The number of anilines is 3. The van der Waals surface area contributed by atoms with Gasteiger partial charge in [0, 0.05) is 11.3 Å². The van der Waals surface area contributed by atoms with E-state index in [0.717, 1.165) is 33.5 Å². The van der Waals surface area contributed by atoms with Crippen LogP contribution in [0.1, 0.15) is 56.2 Å². The predicted molar refractivity (Wildman–Crippen MR) is 150 cm³/mol. The number of aromatic nitrogens is 5. The molecule has 0 saturated heterocycles. The van der Waals surface area contributed by atoms with Crippen molar-refractivity contribution in [3.63, 3.8) is 0 Å². The second-order valence-electron chi connectivity index (χ2n) is 10.6. The average molecular weight is 526 g/mol. The highest BCUT2D eigenvalue weighted by atomic mass is 16.4. The van der Waals surface area contributed by atoms with Crippen LogP contribution in [0.25, 0.3) is 33.4 Å². The summed E-state index contributed by atoms with van der Waals surface area (Å²) in [5.41, 5.74) is 12.5. The summed E-state index contributed by atoms with van der Waals surface area (Å²) in [6.45, 7) is 6.00. The lowest BCUT2D eigenvalue weighted by Crippen LogP contribution is -2.35. The molecule has 2 aromatic carbocycles. The van der Waals surface area contributed by atoms with Crippen LogP contribution in [-0.4, -0.2) is 35.8 Å². The number of fused-ring (bicyclic) bond motifs is 2. The van der Waals surface area contributed by atoms with Crippen LogP contribution in [-0.2, 0) is 4.79 Å². The summed E-state index contributed by atoms with van der Waals surface area (Å²) in [6, 6.07) is 12.4. The van der Waals surface area contributed by atoms with E-state index >= 15 is 0 Å². The molecule has 0 unspecified atom stereocenters. The molecule has 0 amide bonds. The minimum atomic E-state index is -0.710. The number of aliphatic carboxylic acids is 1. The van der Waals surface area contributed by atoms with E-state index in [2.05, 4.69) is 26.3 Å². The molecule has 1 aliphatic carbocycles. The van der Waals surface area contributed by atoms with Crippen molar-refractivity contribution in [1.29, 1.82) is 0 Å². The summed E-state index contributed by atoms with van der Waals surface area (Å²) < 4.78 is 7.86. The molecule has 0 radical (unpaired) electrons. The number of hydrogen-bond donors (Lipinski definition) is 3. The number of carboxylic acids is 1. The maximum absolute atomic E-state index is 11.9. The van der Waals surface area contributed by atoms with E-state index in [1.54, 1.807) is 0 Å². The van der Waals surface area contributed by atoms with E-state index in [4.69, 9.17) is 15.2 Å². The Labute approximate surface area is 225 Å². The van der Waals surface area contributed by atoms with Crippen LogP contribution in [0.2, 0.25) is 0 Å². The highest BCUT2D eigenvalue weighted by Crippen LogP contribution is 2.45. The van der Waals surface area contributed by atoms with Gasteiger partial charge >= 0.3 is 5.97 Å². The molecule has 5 aromatic rings. The van der Waals surface area contributed by atoms with E-state index < -0.39 is 11.4 Å². The third kappa shape index (κ3) is 4.25. The van der Waals surface area contributed by atoms with E-state index in [1.165, 1.54) is 6.33 Å². The van der Waals surface area contributed by atoms with Gasteiger partial charge in [-0.2, -0.15) is 10.1 Å². The van der Waals surface area contributed by atoms with Crippen LogP contribution in [0, 0.1) is 19.3 Å². The number of rotatable bonds is 6. The topological polar surface area (TPSA) is 145 Å². The van der Waals surface area contributed by atoms with Gasteiger partial charge in [-0.25, -0.2) is 14.6 Å². The van der Waals surface area contributed by atoms with Crippen molar-refractivity contribution in [2.75, 3.05) is 11.1 Å². The Bertz CT molecular complexity index is 1700. The average Bonchev–Trinajstić information content (AvgIpc) is 3.51. The highest BCUT2D eigenvalue weighted by Gasteiger charge is 2.41. The van der Waals surface area contributed by atoms with Gasteiger partial charge in [-0.3, -0.25) is 4.79 Å². The van der Waals surface area contributed by atoms with E-state index in [9.17, 15) is 9.90 Å². The number of benzene rings is 2. The Kier molecular flexibility index (Phi) is 5.97. The van der Waals surface area contributed by atoms with Gasteiger partial charge in [-0.15, -0.1) is 0 Å². The van der Waals surface area contributed by atoms with Crippen molar-refractivity contribution in [2.45, 2.75) is 58.9 Å². The van der Waals surface area contributed by atoms with Crippen molar-refractivity contribution in [3.8, 4) is 11.3 Å². The lowest BCUT2D eigenvalue weighted by atomic mass is 9.71. The number of nitrogens with zero attached hydrogens (tertiary/aromatic N) is 5. The Morgan fingerprint density at radius 2 is 1.92 bits per heavy atom. The third-order valence-corrected chi connectivity index (χ3v) is 8.14. The van der Waals surface area contributed by atoms with Crippen LogP contribution in [0.5, 0.6) is 0 Å². The van der Waals surface area contributed by atoms with Gasteiger partial charge in [0.05, 0.1) is 16.8 Å². The van der Waals surface area contributed by atoms with Crippen LogP contribution in [0.4, 0.5) is 17.5 Å². The molecule has 3 heterocycles. The molecule has 39 heavy (non-hydrogen) atoms. The van der Waals surface area contributed by atoms with Crippen molar-refractivity contribution < 1.29 is 14.3 Å². The van der Waals surface area contributed by atoms with Gasteiger partial charge < -0.3 is 20.6 Å². The zero-order chi connectivity index (χ0) is 27.3. The highest BCUT2D eigenvalue weighted by molar-refractivity contribution is 5.98. The smallest absolute Gasteiger partial charge is 0.309 e. The van der Waals surface area contributed by atoms with Crippen LogP contribution in [0.3, 0.4) is 0 Å². The summed E-state index contributed by atoms with van der Waals surface area (Å²) in [4.78, 5) is 25.3. The molecule has 4 N–H and O–H groups in total. The SMILES string of the molecule is CC[C@]1(C(=O)O)CC[C@H](n2nc(-c3ccc(Nc4nc5cc(C)cc(C)c5o4)cc3)c3c(N)ncnc32)CC1. The first-order valence-electron chi connectivity index (χ1n) is 13.3. The maximum Gasteiger partial charge on any atom is 0.309 e. The number of hydrogen-bond acceptors (Lipinski definition) is 8. The summed E-state index contributed by atoms with van der Waals surface area (Å²) in [6.07, 6.45) is 4.72. The first-order valence-corrected chi connectivity index (χ1v) is 13.3. The fourth-order valence-electron chi connectivity index (χ4n) is 5.84. The van der Waals surface area contributed by atoms with Gasteiger partial charge in [0.25, 0.3) is 6.01 Å². The zero-order valence-corrected chi connectivity index (χ0v) is 22.2. The van der Waals surface area contributed by atoms with Crippen molar-refractivity contribution in [1.82, 2.24) is 24.7 Å². The first-order chi connectivity index (χ1) is 18.8. The Morgan fingerprint density at radius 1 is 1.18 bits per heavy atom. The minimum absolute atomic E-state index is 0.0433. The molecule has 1 aliphatic rings. The van der Waals surface area contributed by atoms with E-state index in [-0.39, 0.29) is 6.04 Å². The molecule has 1 saturated carbocycles. The molecule has 0 spiro atoms. The summed E-state index contributed by atoms with van der Waals surface area (Å²) in [5, 5.41) is 18.7. The third-order valence-electron chi connectivity index (χ3n) is 8.14. The Morgan fingerprint density at radius 3 is 2.62 bits per heavy atom. The Balaban J connectivity index is 1.30. The van der Waals surface area contributed by atoms with Gasteiger partial charge in [0.15, 0.2) is 11.2 Å². The summed E-state index contributed by atoms with van der Waals surface area (Å²) >= 11 is 0. The van der Waals surface area contributed by atoms with Crippen LogP contribution in [0.15, 0.2) is 47.1 Å². The zero-order valence-electron chi connectivity index (χ0n) is 22.2. The molecular weight excluding hydrogens is 494 g/mol. The normalized spacial score (nSPS) is 19.5. The van der Waals surface area contributed by atoms with E-state index in [1.807, 2.05) is 55.8 Å². The first kappa shape index (κ1) is 24.8. The van der Waals surface area contributed by atoms with Crippen molar-refractivity contribution >= 4 is 45.6 Å². The Hall–Kier alpha value is -4.47. The monoisotopic (exact) mass is 525 g/mol. The van der Waals surface area contributed by atoms with Gasteiger partial charge in [0.2, 0.25) is 0 Å². The van der Waals surface area contributed by atoms with Gasteiger partial charge in [0.1, 0.15) is 23.4 Å². The molecule has 6 rings (SSSR count). The second-order valence-corrected chi connectivity index (χ2v) is 10.6. The fraction of sp³-hybridized carbons (Fsp3) is 0.345. The van der Waals surface area contributed by atoms with Crippen LogP contribution < -0.4 is 11.1 Å². The molecule has 0 aliphatic heterocycles. The van der Waals surface area contributed by atoms with E-state index in [0.29, 0.717) is 60.7 Å². The number of carboxylic acid groups (broad SMARTS) is 1. The van der Waals surface area contributed by atoms with Gasteiger partial charge in [-0.1, -0.05) is 25.1 Å². The number of aryl methyl sites for hydroxylation is 2. The summed E-state index contributed by atoms with van der Waals surface area (Å²) in [7, 11) is 0. The van der Waals surface area contributed by atoms with Crippen molar-refractivity contribution in [3.05, 3.63) is 53.9 Å². The largest absolute Gasteiger partial charge is 0.481 e. The second kappa shape index (κ2) is 9.37. The van der Waals surface area contributed by atoms with Crippen molar-refractivity contribution in [2.24, 2.45) is 5.41 Å². The molecule has 3 aromatic heterocycles. The maximum atomic E-state index is 11.9. The summed E-state index contributed by atoms with van der Waals surface area (Å²) in [5.74, 6) is -0.345. The molecular formula is C29H31N7O3. The molecule has 10 nitrogen and oxygen atoms in total. The van der Waals surface area contributed by atoms with Crippen LogP contribution >= 0.6 is 0 Å². The molecule has 1 fully saturated rings. The molecule has 200 valence electrons. The lowest BCUT2D eigenvalue weighted by Gasteiger charge is -2.36. The number of carbonyl (C=O) groups is 1.